The zero-order valence-corrected chi connectivity index (χ0v) is 17.2. The Labute approximate surface area is 169 Å². The minimum atomic E-state index is 0.193. The van der Waals surface area contributed by atoms with Crippen LogP contribution in [0.4, 0.5) is 4.79 Å². The molecule has 0 aromatic rings. The van der Waals surface area contributed by atoms with Crippen molar-refractivity contribution in [2.75, 3.05) is 26.2 Å². The van der Waals surface area contributed by atoms with Gasteiger partial charge in [0.2, 0.25) is 5.91 Å². The normalized spacial score (nSPS) is 33.5. The molecule has 0 radical (unpaired) electrons. The summed E-state index contributed by atoms with van der Waals surface area (Å²) < 4.78 is 0. The first-order chi connectivity index (χ1) is 13.7. The average Bonchev–Trinajstić information content (AvgIpc) is 3.02. The number of likely N-dealkylation sites (tertiary alicyclic amines) is 2. The fourth-order valence-corrected chi connectivity index (χ4v) is 6.33. The maximum absolute atomic E-state index is 12.6. The van der Waals surface area contributed by atoms with Gasteiger partial charge in [0.25, 0.3) is 0 Å². The number of nitrogens with one attached hydrogen (secondary N) is 1. The van der Waals surface area contributed by atoms with Gasteiger partial charge in [-0.3, -0.25) is 4.79 Å². The molecule has 2 saturated carbocycles. The Morgan fingerprint density at radius 2 is 1.46 bits per heavy atom. The number of nitrogens with zero attached hydrogens (tertiary/aromatic N) is 3. The number of fused-ring (bicyclic) bond motifs is 1. The van der Waals surface area contributed by atoms with E-state index in [2.05, 4.69) is 20.0 Å². The molecular weight excluding hydrogens is 352 g/mol. The van der Waals surface area contributed by atoms with Crippen molar-refractivity contribution in [1.29, 1.82) is 0 Å². The highest BCUT2D eigenvalue weighted by molar-refractivity contribution is 5.79. The van der Waals surface area contributed by atoms with E-state index in [1.54, 1.807) is 0 Å². The third kappa shape index (κ3) is 3.42. The van der Waals surface area contributed by atoms with E-state index in [0.29, 0.717) is 36.0 Å². The van der Waals surface area contributed by atoms with Crippen LogP contribution in [-0.4, -0.2) is 77.0 Å². The summed E-state index contributed by atoms with van der Waals surface area (Å²) in [5.41, 5.74) is 0. The Balaban J connectivity index is 1.11. The number of hydrogen-bond donors (Lipinski definition) is 1. The van der Waals surface area contributed by atoms with Crippen LogP contribution in [0.2, 0.25) is 0 Å². The van der Waals surface area contributed by atoms with Crippen molar-refractivity contribution in [3.05, 3.63) is 0 Å². The van der Waals surface area contributed by atoms with Crippen molar-refractivity contribution in [2.45, 2.75) is 94.8 Å². The summed E-state index contributed by atoms with van der Waals surface area (Å²) >= 11 is 0. The molecule has 3 amide bonds. The van der Waals surface area contributed by atoms with Crippen LogP contribution in [0.15, 0.2) is 0 Å². The number of piperidine rings is 2. The van der Waals surface area contributed by atoms with Crippen molar-refractivity contribution in [2.24, 2.45) is 5.92 Å². The Morgan fingerprint density at radius 1 is 0.786 bits per heavy atom. The van der Waals surface area contributed by atoms with Crippen molar-refractivity contribution in [3.8, 4) is 0 Å². The van der Waals surface area contributed by atoms with E-state index in [-0.39, 0.29) is 6.03 Å². The van der Waals surface area contributed by atoms with Crippen LogP contribution < -0.4 is 5.32 Å². The smallest absolute Gasteiger partial charge is 0.318 e. The van der Waals surface area contributed by atoms with Crippen molar-refractivity contribution in [1.82, 2.24) is 20.0 Å². The third-order valence-corrected chi connectivity index (χ3v) is 8.27. The number of carbonyl (C=O) groups excluding carboxylic acids is 2. The highest BCUT2D eigenvalue weighted by atomic mass is 16.2. The molecule has 5 aliphatic rings. The van der Waals surface area contributed by atoms with Crippen LogP contribution in [0.3, 0.4) is 0 Å². The second kappa shape index (κ2) is 7.85. The van der Waals surface area contributed by atoms with Gasteiger partial charge < -0.3 is 20.0 Å². The van der Waals surface area contributed by atoms with Crippen molar-refractivity contribution < 1.29 is 9.59 Å². The number of carbonyl (C=O) groups is 2. The molecule has 2 atom stereocenters. The fourth-order valence-electron chi connectivity index (χ4n) is 6.33. The third-order valence-electron chi connectivity index (χ3n) is 8.27. The lowest BCUT2D eigenvalue weighted by Crippen LogP contribution is -2.54. The number of amides is 3. The molecule has 28 heavy (non-hydrogen) atoms. The van der Waals surface area contributed by atoms with Crippen LogP contribution in [0, 0.1) is 5.92 Å². The number of urea groups is 1. The zero-order chi connectivity index (χ0) is 19.1. The molecule has 3 heterocycles. The van der Waals surface area contributed by atoms with Gasteiger partial charge in [-0.1, -0.05) is 19.3 Å². The van der Waals surface area contributed by atoms with Gasteiger partial charge in [0.1, 0.15) is 0 Å². The topological polar surface area (TPSA) is 55.9 Å². The second-order valence-electron chi connectivity index (χ2n) is 9.77. The van der Waals surface area contributed by atoms with Gasteiger partial charge in [0.15, 0.2) is 0 Å². The first-order valence-electron chi connectivity index (χ1n) is 11.8. The molecule has 0 bridgehead atoms. The first-order valence-corrected chi connectivity index (χ1v) is 11.8. The van der Waals surface area contributed by atoms with Gasteiger partial charge >= 0.3 is 6.03 Å². The highest BCUT2D eigenvalue weighted by Crippen LogP contribution is 2.34. The molecule has 6 heteroatoms. The summed E-state index contributed by atoms with van der Waals surface area (Å²) in [6.45, 7) is 4.09. The van der Waals surface area contributed by atoms with E-state index in [4.69, 9.17) is 0 Å². The van der Waals surface area contributed by atoms with Crippen LogP contribution in [0.5, 0.6) is 0 Å². The molecule has 0 aromatic carbocycles. The molecule has 0 spiro atoms. The minimum absolute atomic E-state index is 0.193. The molecule has 6 nitrogen and oxygen atoms in total. The van der Waals surface area contributed by atoms with E-state index < -0.39 is 0 Å². The predicted octanol–water partition coefficient (Wildman–Crippen LogP) is 2.58. The molecule has 1 N–H and O–H groups in total. The molecule has 2 aliphatic carbocycles. The average molecular weight is 389 g/mol. The van der Waals surface area contributed by atoms with Gasteiger partial charge in [-0.25, -0.2) is 4.79 Å². The summed E-state index contributed by atoms with van der Waals surface area (Å²) in [7, 11) is 0. The quantitative estimate of drug-likeness (QED) is 0.808. The van der Waals surface area contributed by atoms with Gasteiger partial charge in [-0.2, -0.15) is 0 Å². The van der Waals surface area contributed by atoms with Gasteiger partial charge in [-0.15, -0.1) is 0 Å². The molecular formula is C22H36N4O2. The lowest BCUT2D eigenvalue weighted by atomic mass is 9.84. The Bertz CT molecular complexity index is 591. The van der Waals surface area contributed by atoms with Crippen LogP contribution in [0.25, 0.3) is 0 Å². The van der Waals surface area contributed by atoms with E-state index in [1.165, 1.54) is 25.7 Å². The van der Waals surface area contributed by atoms with E-state index in [9.17, 15) is 9.59 Å². The lowest BCUT2D eigenvalue weighted by Gasteiger charge is -2.45. The zero-order valence-electron chi connectivity index (χ0n) is 17.2. The van der Waals surface area contributed by atoms with Crippen LogP contribution in [0.1, 0.15) is 70.6 Å². The largest absolute Gasteiger partial charge is 0.342 e. The van der Waals surface area contributed by atoms with Crippen LogP contribution >= 0.6 is 0 Å². The molecule has 156 valence electrons. The van der Waals surface area contributed by atoms with E-state index in [0.717, 1.165) is 71.1 Å². The molecule has 3 aliphatic heterocycles. The maximum Gasteiger partial charge on any atom is 0.318 e. The summed E-state index contributed by atoms with van der Waals surface area (Å²) in [6.07, 6.45) is 12.8. The lowest BCUT2D eigenvalue weighted by molar-refractivity contribution is -0.139. The van der Waals surface area contributed by atoms with Gasteiger partial charge in [0.05, 0.1) is 12.1 Å². The summed E-state index contributed by atoms with van der Waals surface area (Å²) in [4.78, 5) is 32.0. The second-order valence-corrected chi connectivity index (χ2v) is 9.77. The van der Waals surface area contributed by atoms with Crippen molar-refractivity contribution in [3.63, 3.8) is 0 Å². The predicted molar refractivity (Wildman–Crippen MR) is 108 cm³/mol. The SMILES string of the molecule is O=C(C1CCC1)N1CCC(N2CCC(N3C(=O)N[C@H]4CCCC[C@@H]43)CC2)CC1. The molecule has 0 aromatic heterocycles. The van der Waals surface area contributed by atoms with E-state index >= 15 is 0 Å². The van der Waals surface area contributed by atoms with Gasteiger partial charge in [0, 0.05) is 44.2 Å². The summed E-state index contributed by atoms with van der Waals surface area (Å²) in [5.74, 6) is 0.757. The maximum atomic E-state index is 12.6. The van der Waals surface area contributed by atoms with E-state index in [1.807, 2.05) is 0 Å². The summed E-state index contributed by atoms with van der Waals surface area (Å²) in [6, 6.07) is 2.08. The minimum Gasteiger partial charge on any atom is -0.342 e. The highest BCUT2D eigenvalue weighted by Gasteiger charge is 2.44. The fraction of sp³-hybridized carbons (Fsp3) is 0.909. The Hall–Kier alpha value is -1.30. The Morgan fingerprint density at radius 3 is 2.14 bits per heavy atom. The molecule has 5 fully saturated rings. The van der Waals surface area contributed by atoms with Gasteiger partial charge in [-0.05, 0) is 51.4 Å². The molecule has 5 rings (SSSR count). The number of hydrogen-bond acceptors (Lipinski definition) is 3. The van der Waals surface area contributed by atoms with Crippen LogP contribution in [-0.2, 0) is 4.79 Å². The molecule has 0 unspecified atom stereocenters. The van der Waals surface area contributed by atoms with Crippen molar-refractivity contribution >= 4 is 11.9 Å². The monoisotopic (exact) mass is 388 g/mol. The standard InChI is InChI=1S/C22H36N4O2/c27-21(16-4-3-5-16)25-14-8-17(9-15-25)24-12-10-18(11-13-24)26-20-7-2-1-6-19(20)23-22(26)28/h16-20H,1-15H2,(H,23,28)/t19-,20-/m0/s1. The number of rotatable bonds is 3. The Kier molecular flexibility index (Phi) is 5.24. The first kappa shape index (κ1) is 18.7. The molecule has 3 saturated heterocycles. The summed E-state index contributed by atoms with van der Waals surface area (Å²) in [5, 5.41) is 3.25.